The number of carbonyl (C=O) groups excluding carboxylic acids is 2. The summed E-state index contributed by atoms with van der Waals surface area (Å²) in [5, 5.41) is 2.79. The van der Waals surface area contributed by atoms with Crippen molar-refractivity contribution in [1.82, 2.24) is 10.2 Å². The Morgan fingerprint density at radius 2 is 1.54 bits per heavy atom. The van der Waals surface area contributed by atoms with Crippen molar-refractivity contribution >= 4 is 27.5 Å². The highest BCUT2D eigenvalue weighted by molar-refractivity contribution is 7.92. The lowest BCUT2D eigenvalue weighted by atomic mass is 10.1. The van der Waals surface area contributed by atoms with Gasteiger partial charge in [0.15, 0.2) is 6.61 Å². The molecule has 0 saturated heterocycles. The Kier molecular flexibility index (Phi) is 11.6. The summed E-state index contributed by atoms with van der Waals surface area (Å²) in [5.41, 5.74) is 0.824. The van der Waals surface area contributed by atoms with Crippen LogP contribution in [-0.2, 0) is 30.9 Å². The average Bonchev–Trinajstić information content (AvgIpc) is 2.96. The summed E-state index contributed by atoms with van der Waals surface area (Å²) in [6, 6.07) is 15.0. The third-order valence-electron chi connectivity index (χ3n) is 6.00. The van der Waals surface area contributed by atoms with Gasteiger partial charge in [-0.25, -0.2) is 17.2 Å². The Labute approximate surface area is 238 Å². The van der Waals surface area contributed by atoms with E-state index in [1.807, 2.05) is 6.92 Å². The topological polar surface area (TPSA) is 114 Å². The van der Waals surface area contributed by atoms with Gasteiger partial charge in [-0.1, -0.05) is 12.1 Å². The van der Waals surface area contributed by atoms with E-state index in [0.29, 0.717) is 31.7 Å². The first-order valence-corrected chi connectivity index (χ1v) is 14.5. The number of benzene rings is 3. The van der Waals surface area contributed by atoms with Crippen LogP contribution < -0.4 is 14.8 Å². The maximum Gasteiger partial charge on any atom is 0.261 e. The van der Waals surface area contributed by atoms with E-state index in [4.69, 9.17) is 9.47 Å². The molecule has 220 valence electrons. The Morgan fingerprint density at radius 1 is 0.927 bits per heavy atom. The molecule has 0 radical (unpaired) electrons. The first-order valence-electron chi connectivity index (χ1n) is 13.0. The molecule has 2 amide bonds. The highest BCUT2D eigenvalue weighted by atomic mass is 32.2. The lowest BCUT2D eigenvalue weighted by molar-refractivity contribution is -0.142. The van der Waals surface area contributed by atoms with Crippen molar-refractivity contribution in [1.29, 1.82) is 0 Å². The largest absolute Gasteiger partial charge is 0.484 e. The number of nitrogens with zero attached hydrogens (tertiary/aromatic N) is 1. The van der Waals surface area contributed by atoms with Crippen LogP contribution in [0.3, 0.4) is 0 Å². The van der Waals surface area contributed by atoms with E-state index < -0.39 is 40.2 Å². The minimum atomic E-state index is -3.94. The summed E-state index contributed by atoms with van der Waals surface area (Å²) in [7, 11) is -3.94. The SMILES string of the molecule is CCOCCCNC(=O)[C@@H](C)N(Cc1ccc(F)cc1)C(=O)COc1ccc(S(=O)(=O)Nc2ccc(F)cc2)cc1. The lowest BCUT2D eigenvalue weighted by Crippen LogP contribution is -2.49. The van der Waals surface area contributed by atoms with Gasteiger partial charge in [0.2, 0.25) is 5.91 Å². The number of sulfonamides is 1. The second-order valence-corrected chi connectivity index (χ2v) is 10.7. The molecule has 1 atom stereocenters. The molecule has 3 aromatic rings. The van der Waals surface area contributed by atoms with E-state index in [2.05, 4.69) is 10.0 Å². The maximum absolute atomic E-state index is 13.4. The fourth-order valence-electron chi connectivity index (χ4n) is 3.72. The molecule has 0 aromatic heterocycles. The molecule has 0 aliphatic rings. The van der Waals surface area contributed by atoms with Gasteiger partial charge in [-0.15, -0.1) is 0 Å². The zero-order valence-corrected chi connectivity index (χ0v) is 23.6. The number of rotatable bonds is 15. The van der Waals surface area contributed by atoms with Gasteiger partial charge in [-0.3, -0.25) is 14.3 Å². The van der Waals surface area contributed by atoms with Crippen molar-refractivity contribution in [2.24, 2.45) is 0 Å². The predicted molar refractivity (Wildman–Crippen MR) is 150 cm³/mol. The van der Waals surface area contributed by atoms with E-state index in [9.17, 15) is 26.8 Å². The zero-order chi connectivity index (χ0) is 29.8. The number of anilines is 1. The summed E-state index contributed by atoms with van der Waals surface area (Å²) in [6.45, 7) is 4.54. The van der Waals surface area contributed by atoms with Gasteiger partial charge in [-0.05, 0) is 86.5 Å². The monoisotopic (exact) mass is 589 g/mol. The Balaban J connectivity index is 1.64. The van der Waals surface area contributed by atoms with E-state index in [1.165, 1.54) is 65.6 Å². The molecule has 0 spiro atoms. The third-order valence-corrected chi connectivity index (χ3v) is 7.39. The molecule has 0 bridgehead atoms. The van der Waals surface area contributed by atoms with Crippen LogP contribution in [0.15, 0.2) is 77.7 Å². The van der Waals surface area contributed by atoms with Crippen molar-refractivity contribution in [2.75, 3.05) is 31.1 Å². The first-order chi connectivity index (χ1) is 19.6. The molecule has 12 heteroatoms. The molecule has 0 unspecified atom stereocenters. The van der Waals surface area contributed by atoms with E-state index in [1.54, 1.807) is 6.92 Å². The maximum atomic E-state index is 13.4. The van der Waals surface area contributed by atoms with Crippen LogP contribution in [0.2, 0.25) is 0 Å². The molecule has 9 nitrogen and oxygen atoms in total. The molecule has 0 fully saturated rings. The molecule has 41 heavy (non-hydrogen) atoms. The summed E-state index contributed by atoms with van der Waals surface area (Å²) >= 11 is 0. The number of hydrogen-bond acceptors (Lipinski definition) is 6. The van der Waals surface area contributed by atoms with Crippen molar-refractivity contribution in [3.63, 3.8) is 0 Å². The van der Waals surface area contributed by atoms with Crippen LogP contribution in [0, 0.1) is 11.6 Å². The summed E-state index contributed by atoms with van der Waals surface area (Å²) in [6.07, 6.45) is 0.618. The van der Waals surface area contributed by atoms with Crippen LogP contribution >= 0.6 is 0 Å². The van der Waals surface area contributed by atoms with Crippen LogP contribution in [-0.4, -0.2) is 57.5 Å². The second kappa shape index (κ2) is 15.1. The third kappa shape index (κ3) is 9.83. The first kappa shape index (κ1) is 31.5. The van der Waals surface area contributed by atoms with Crippen LogP contribution in [0.5, 0.6) is 5.75 Å². The molecule has 0 saturated carbocycles. The number of halogens is 2. The van der Waals surface area contributed by atoms with Crippen LogP contribution in [0.4, 0.5) is 14.5 Å². The van der Waals surface area contributed by atoms with Gasteiger partial charge in [0.25, 0.3) is 15.9 Å². The van der Waals surface area contributed by atoms with Gasteiger partial charge in [0, 0.05) is 32.0 Å². The zero-order valence-electron chi connectivity index (χ0n) is 22.8. The normalized spacial score (nSPS) is 11.9. The average molecular weight is 590 g/mol. The second-order valence-electron chi connectivity index (χ2n) is 9.04. The molecular weight excluding hydrogens is 556 g/mol. The fourth-order valence-corrected chi connectivity index (χ4v) is 4.78. The predicted octanol–water partition coefficient (Wildman–Crippen LogP) is 4.10. The molecule has 0 heterocycles. The number of nitrogens with one attached hydrogen (secondary N) is 2. The van der Waals surface area contributed by atoms with E-state index >= 15 is 0 Å². The van der Waals surface area contributed by atoms with Crippen molar-refractivity contribution in [2.45, 2.75) is 37.8 Å². The van der Waals surface area contributed by atoms with E-state index in [-0.39, 0.29) is 28.8 Å². The summed E-state index contributed by atoms with van der Waals surface area (Å²) < 4.78 is 65.0. The molecular formula is C29H33F2N3O6S. The van der Waals surface area contributed by atoms with Crippen molar-refractivity contribution in [3.05, 3.63) is 90.0 Å². The molecule has 0 aliphatic heterocycles. The fraction of sp³-hybridized carbons (Fsp3) is 0.310. The number of carbonyl (C=O) groups is 2. The van der Waals surface area contributed by atoms with Gasteiger partial charge in [0.1, 0.15) is 23.4 Å². The number of hydrogen-bond donors (Lipinski definition) is 2. The lowest BCUT2D eigenvalue weighted by Gasteiger charge is -2.28. The molecule has 0 aliphatic carbocycles. The van der Waals surface area contributed by atoms with Crippen LogP contribution in [0.25, 0.3) is 0 Å². The minimum absolute atomic E-state index is 0.0439. The highest BCUT2D eigenvalue weighted by Crippen LogP contribution is 2.20. The molecule has 2 N–H and O–H groups in total. The number of ether oxygens (including phenoxy) is 2. The van der Waals surface area contributed by atoms with Gasteiger partial charge < -0.3 is 19.7 Å². The highest BCUT2D eigenvalue weighted by Gasteiger charge is 2.26. The Bertz CT molecular complexity index is 1390. The summed E-state index contributed by atoms with van der Waals surface area (Å²) in [4.78, 5) is 27.3. The van der Waals surface area contributed by atoms with Crippen molar-refractivity contribution in [3.8, 4) is 5.75 Å². The smallest absolute Gasteiger partial charge is 0.261 e. The standard InChI is InChI=1S/C29H33F2N3O6S/c1-3-39-18-4-17-32-29(36)21(2)34(19-22-5-7-23(30)8-6-22)28(35)20-40-26-13-15-27(16-14-26)41(37,38)33-25-11-9-24(31)10-12-25/h5-16,21,33H,3-4,17-20H2,1-2H3,(H,32,36)/t21-/m1/s1. The van der Waals surface area contributed by atoms with E-state index in [0.717, 1.165) is 12.1 Å². The Hall–Kier alpha value is -4.03. The van der Waals surface area contributed by atoms with Gasteiger partial charge >= 0.3 is 0 Å². The number of amides is 2. The van der Waals surface area contributed by atoms with Gasteiger partial charge in [-0.2, -0.15) is 0 Å². The summed E-state index contributed by atoms with van der Waals surface area (Å²) in [5.74, 6) is -1.55. The Morgan fingerprint density at radius 3 is 2.15 bits per heavy atom. The van der Waals surface area contributed by atoms with Gasteiger partial charge in [0.05, 0.1) is 4.90 Å². The molecule has 3 rings (SSSR count). The molecule has 3 aromatic carbocycles. The quantitative estimate of drug-likeness (QED) is 0.258. The minimum Gasteiger partial charge on any atom is -0.484 e. The van der Waals surface area contributed by atoms with Crippen molar-refractivity contribution < 1.29 is 36.3 Å². The van der Waals surface area contributed by atoms with Crippen LogP contribution in [0.1, 0.15) is 25.8 Å².